The van der Waals surface area contributed by atoms with Gasteiger partial charge in [0.2, 0.25) is 5.91 Å². The molecule has 0 spiro atoms. The van der Waals surface area contributed by atoms with Crippen LogP contribution in [-0.2, 0) is 4.79 Å². The van der Waals surface area contributed by atoms with Gasteiger partial charge >= 0.3 is 0 Å². The zero-order chi connectivity index (χ0) is 13.7. The third kappa shape index (κ3) is 3.89. The number of carbonyl (C=O) groups is 1. The lowest BCUT2D eigenvalue weighted by atomic mass is 10.0. The monoisotopic (exact) mass is 272 g/mol. The highest BCUT2D eigenvalue weighted by molar-refractivity contribution is 7.98. The Hall–Kier alpha value is -0.220. The first kappa shape index (κ1) is 15.8. The van der Waals surface area contributed by atoms with Crippen LogP contribution in [0.1, 0.15) is 40.5 Å². The van der Waals surface area contributed by atoms with Crippen molar-refractivity contribution < 1.29 is 4.79 Å². The molecule has 1 aliphatic heterocycles. The van der Waals surface area contributed by atoms with Crippen molar-refractivity contribution in [3.8, 4) is 0 Å². The lowest BCUT2D eigenvalue weighted by Crippen LogP contribution is -2.40. The first-order valence-corrected chi connectivity index (χ1v) is 8.46. The topological polar surface area (TPSA) is 32.3 Å². The standard InChI is InChI=1S/C14H28N2OS/c1-6-7-12-15-13(10(2)3)14(17)16(12)8-11(4)9-18-5/h10-13,15H,6-9H2,1-5H3. The molecule has 1 saturated heterocycles. The number of nitrogens with one attached hydrogen (secondary N) is 1. The average Bonchev–Trinajstić information content (AvgIpc) is 2.59. The SMILES string of the molecule is CCCC1NC(C(C)C)C(=O)N1CC(C)CSC. The minimum Gasteiger partial charge on any atom is -0.325 e. The number of rotatable bonds is 7. The molecule has 0 radical (unpaired) electrons. The average molecular weight is 272 g/mol. The number of hydrogen-bond acceptors (Lipinski definition) is 3. The van der Waals surface area contributed by atoms with Crippen molar-refractivity contribution in [2.24, 2.45) is 11.8 Å². The fraction of sp³-hybridized carbons (Fsp3) is 0.929. The second-order valence-electron chi connectivity index (χ2n) is 5.74. The molecule has 0 aromatic rings. The first-order valence-electron chi connectivity index (χ1n) is 7.06. The summed E-state index contributed by atoms with van der Waals surface area (Å²) in [6.07, 6.45) is 4.55. The molecule has 3 unspecified atom stereocenters. The van der Waals surface area contributed by atoms with E-state index in [0.717, 1.165) is 25.1 Å². The number of nitrogens with zero attached hydrogens (tertiary/aromatic N) is 1. The highest BCUT2D eigenvalue weighted by Gasteiger charge is 2.39. The summed E-state index contributed by atoms with van der Waals surface area (Å²) < 4.78 is 0. The van der Waals surface area contributed by atoms with Crippen LogP contribution >= 0.6 is 11.8 Å². The molecule has 106 valence electrons. The molecule has 0 aromatic carbocycles. The zero-order valence-electron chi connectivity index (χ0n) is 12.4. The molecule has 1 fully saturated rings. The van der Waals surface area contributed by atoms with Gasteiger partial charge in [0.25, 0.3) is 0 Å². The summed E-state index contributed by atoms with van der Waals surface area (Å²) in [6, 6.07) is 0.0167. The predicted molar refractivity (Wildman–Crippen MR) is 79.7 cm³/mol. The normalized spacial score (nSPS) is 26.1. The Morgan fingerprint density at radius 1 is 1.39 bits per heavy atom. The van der Waals surface area contributed by atoms with E-state index in [1.807, 2.05) is 11.8 Å². The highest BCUT2D eigenvalue weighted by atomic mass is 32.2. The second kappa shape index (κ2) is 7.39. The van der Waals surface area contributed by atoms with E-state index in [2.05, 4.69) is 44.2 Å². The molecule has 0 saturated carbocycles. The molecule has 18 heavy (non-hydrogen) atoms. The minimum atomic E-state index is 0.0167. The number of hydrogen-bond donors (Lipinski definition) is 1. The Morgan fingerprint density at radius 3 is 2.56 bits per heavy atom. The molecular weight excluding hydrogens is 244 g/mol. The minimum absolute atomic E-state index is 0.0167. The second-order valence-corrected chi connectivity index (χ2v) is 6.65. The van der Waals surface area contributed by atoms with Crippen molar-refractivity contribution in [3.05, 3.63) is 0 Å². The van der Waals surface area contributed by atoms with E-state index < -0.39 is 0 Å². The van der Waals surface area contributed by atoms with Crippen LogP contribution in [0.15, 0.2) is 0 Å². The van der Waals surface area contributed by atoms with Crippen molar-refractivity contribution in [2.75, 3.05) is 18.6 Å². The molecule has 1 heterocycles. The van der Waals surface area contributed by atoms with Gasteiger partial charge in [-0.3, -0.25) is 10.1 Å². The molecule has 0 aromatic heterocycles. The number of carbonyl (C=O) groups excluding carboxylic acids is 1. The van der Waals surface area contributed by atoms with Gasteiger partial charge in [0, 0.05) is 6.54 Å². The van der Waals surface area contributed by atoms with Gasteiger partial charge in [-0.2, -0.15) is 11.8 Å². The van der Waals surface area contributed by atoms with Crippen molar-refractivity contribution in [3.63, 3.8) is 0 Å². The smallest absolute Gasteiger partial charge is 0.241 e. The summed E-state index contributed by atoms with van der Waals surface area (Å²) in [7, 11) is 0. The molecular formula is C14H28N2OS. The van der Waals surface area contributed by atoms with Crippen LogP contribution in [0.5, 0.6) is 0 Å². The van der Waals surface area contributed by atoms with Crippen molar-refractivity contribution >= 4 is 17.7 Å². The fourth-order valence-corrected chi connectivity index (χ4v) is 3.26. The van der Waals surface area contributed by atoms with Crippen molar-refractivity contribution in [1.29, 1.82) is 0 Å². The molecule has 3 atom stereocenters. The van der Waals surface area contributed by atoms with Crippen molar-refractivity contribution in [2.45, 2.75) is 52.7 Å². The summed E-state index contributed by atoms with van der Waals surface area (Å²) in [4.78, 5) is 14.5. The lowest BCUT2D eigenvalue weighted by molar-refractivity contribution is -0.131. The van der Waals surface area contributed by atoms with Gasteiger partial charge in [0.05, 0.1) is 12.2 Å². The summed E-state index contributed by atoms with van der Waals surface area (Å²) >= 11 is 1.86. The maximum Gasteiger partial charge on any atom is 0.241 e. The highest BCUT2D eigenvalue weighted by Crippen LogP contribution is 2.21. The largest absolute Gasteiger partial charge is 0.325 e. The molecule has 1 amide bonds. The number of thioether (sulfide) groups is 1. The Labute approximate surface area is 116 Å². The molecule has 1 aliphatic rings. The van der Waals surface area contributed by atoms with E-state index >= 15 is 0 Å². The van der Waals surface area contributed by atoms with Crippen LogP contribution in [0.4, 0.5) is 0 Å². The van der Waals surface area contributed by atoms with E-state index in [0.29, 0.717) is 17.7 Å². The molecule has 0 aliphatic carbocycles. The van der Waals surface area contributed by atoms with E-state index in [1.54, 1.807) is 0 Å². The Balaban J connectivity index is 2.68. The third-order valence-electron chi connectivity index (χ3n) is 3.49. The van der Waals surface area contributed by atoms with E-state index in [4.69, 9.17) is 0 Å². The summed E-state index contributed by atoms with van der Waals surface area (Å²) in [6.45, 7) is 9.54. The van der Waals surface area contributed by atoms with Gasteiger partial charge in [-0.1, -0.05) is 34.1 Å². The quantitative estimate of drug-likeness (QED) is 0.773. The Bertz CT molecular complexity index is 271. The lowest BCUT2D eigenvalue weighted by Gasteiger charge is -2.26. The zero-order valence-corrected chi connectivity index (χ0v) is 13.2. The van der Waals surface area contributed by atoms with Gasteiger partial charge < -0.3 is 4.90 Å². The maximum atomic E-state index is 12.4. The van der Waals surface area contributed by atoms with Crippen LogP contribution in [0.2, 0.25) is 0 Å². The van der Waals surface area contributed by atoms with Gasteiger partial charge in [0.1, 0.15) is 0 Å². The molecule has 1 rings (SSSR count). The Kier molecular flexibility index (Phi) is 6.50. The van der Waals surface area contributed by atoms with Crippen LogP contribution in [-0.4, -0.2) is 41.6 Å². The summed E-state index contributed by atoms with van der Waals surface area (Å²) in [5, 5.41) is 3.51. The maximum absolute atomic E-state index is 12.4. The van der Waals surface area contributed by atoms with Gasteiger partial charge in [0.15, 0.2) is 0 Å². The van der Waals surface area contributed by atoms with Crippen LogP contribution in [0.25, 0.3) is 0 Å². The molecule has 1 N–H and O–H groups in total. The van der Waals surface area contributed by atoms with Gasteiger partial charge in [-0.25, -0.2) is 0 Å². The van der Waals surface area contributed by atoms with Crippen LogP contribution in [0, 0.1) is 11.8 Å². The molecule has 4 heteroatoms. The van der Waals surface area contributed by atoms with Gasteiger partial charge in [-0.15, -0.1) is 0 Å². The Morgan fingerprint density at radius 2 is 2.06 bits per heavy atom. The number of amides is 1. The van der Waals surface area contributed by atoms with Crippen molar-refractivity contribution in [1.82, 2.24) is 10.2 Å². The fourth-order valence-electron chi connectivity index (χ4n) is 2.58. The van der Waals surface area contributed by atoms with Crippen LogP contribution in [0.3, 0.4) is 0 Å². The van der Waals surface area contributed by atoms with Gasteiger partial charge in [-0.05, 0) is 30.3 Å². The van der Waals surface area contributed by atoms with E-state index in [9.17, 15) is 4.79 Å². The van der Waals surface area contributed by atoms with Crippen LogP contribution < -0.4 is 5.32 Å². The van der Waals surface area contributed by atoms with E-state index in [1.165, 1.54) is 0 Å². The first-order chi connectivity index (χ1) is 8.51. The molecule has 3 nitrogen and oxygen atoms in total. The summed E-state index contributed by atoms with van der Waals surface area (Å²) in [5.41, 5.74) is 0. The predicted octanol–water partition coefficient (Wildman–Crippen LogP) is 2.57. The third-order valence-corrected chi connectivity index (χ3v) is 4.39. The van der Waals surface area contributed by atoms with E-state index in [-0.39, 0.29) is 12.2 Å². The molecule has 0 bridgehead atoms. The summed E-state index contributed by atoms with van der Waals surface area (Å²) in [5.74, 6) is 2.36.